The van der Waals surface area contributed by atoms with Crippen LogP contribution in [0.25, 0.3) is 142 Å². The zero-order valence-electron chi connectivity index (χ0n) is 37.0. The second-order valence-electron chi connectivity index (χ2n) is 18.0. The van der Waals surface area contributed by atoms with Crippen molar-refractivity contribution < 1.29 is 0 Å². The maximum absolute atomic E-state index is 5.57. The van der Waals surface area contributed by atoms with E-state index in [9.17, 15) is 0 Å². The maximum Gasteiger partial charge on any atom is 0.164 e. The van der Waals surface area contributed by atoms with E-state index in [-0.39, 0.29) is 0 Å². The van der Waals surface area contributed by atoms with Gasteiger partial charge in [-0.05, 0) is 87.6 Å². The first-order valence-corrected chi connectivity index (χ1v) is 24.2. The van der Waals surface area contributed by atoms with Crippen LogP contribution in [0.2, 0.25) is 0 Å². The number of aromatic nitrogens is 5. The molecule has 0 aliphatic heterocycles. The number of para-hydroxylation sites is 2. The number of rotatable bonds is 5. The van der Waals surface area contributed by atoms with Crippen LogP contribution in [0.1, 0.15) is 0 Å². The van der Waals surface area contributed by atoms with Crippen LogP contribution in [-0.4, -0.2) is 24.1 Å². The van der Waals surface area contributed by atoms with Crippen molar-refractivity contribution in [3.05, 3.63) is 224 Å². The average Bonchev–Trinajstić information content (AvgIpc) is 4.08. The number of fused-ring (bicyclic) bond motifs is 13. The van der Waals surface area contributed by atoms with Crippen LogP contribution in [0, 0.1) is 0 Å². The predicted molar refractivity (Wildman–Crippen MR) is 290 cm³/mol. The Morgan fingerprint density at radius 2 is 0.971 bits per heavy atom. The molecule has 15 aromatic rings. The zero-order valence-corrected chi connectivity index (χ0v) is 37.8. The molecule has 0 aliphatic carbocycles. The first-order valence-electron chi connectivity index (χ1n) is 23.3. The predicted octanol–water partition coefficient (Wildman–Crippen LogP) is 16.9. The Kier molecular flexibility index (Phi) is 8.17. The largest absolute Gasteiger partial charge is 0.309 e. The first kappa shape index (κ1) is 38.2. The van der Waals surface area contributed by atoms with Crippen LogP contribution in [0.3, 0.4) is 0 Å². The third-order valence-electron chi connectivity index (χ3n) is 14.1. The molecule has 0 amide bonds. The minimum Gasteiger partial charge on any atom is -0.309 e. The number of hydrogen-bond acceptors (Lipinski definition) is 4. The van der Waals surface area contributed by atoms with E-state index in [4.69, 9.17) is 15.0 Å². The van der Waals surface area contributed by atoms with E-state index in [1.54, 1.807) is 0 Å². The fourth-order valence-corrected chi connectivity index (χ4v) is 12.1. The van der Waals surface area contributed by atoms with E-state index >= 15 is 0 Å². The molecule has 0 radical (unpaired) electrons. The topological polar surface area (TPSA) is 48.5 Å². The van der Waals surface area contributed by atoms with E-state index in [1.165, 1.54) is 63.4 Å². The van der Waals surface area contributed by atoms with E-state index < -0.39 is 0 Å². The van der Waals surface area contributed by atoms with Crippen molar-refractivity contribution in [3.63, 3.8) is 0 Å². The molecular weight excluding hydrogens is 859 g/mol. The van der Waals surface area contributed by atoms with E-state index in [2.05, 4.69) is 234 Å². The molecule has 0 bridgehead atoms. The molecule has 11 aromatic carbocycles. The van der Waals surface area contributed by atoms with Crippen LogP contribution in [-0.2, 0) is 0 Å². The van der Waals surface area contributed by atoms with Gasteiger partial charge in [0.1, 0.15) is 0 Å². The summed E-state index contributed by atoms with van der Waals surface area (Å²) in [5.41, 5.74) is 9.56. The molecule has 5 nitrogen and oxygen atoms in total. The Labute approximate surface area is 399 Å². The van der Waals surface area contributed by atoms with Crippen molar-refractivity contribution >= 4 is 107 Å². The molecule has 15 rings (SSSR count). The molecule has 320 valence electrons. The number of benzene rings is 11. The molecule has 0 saturated heterocycles. The van der Waals surface area contributed by atoms with Gasteiger partial charge in [-0.15, -0.1) is 11.3 Å². The van der Waals surface area contributed by atoms with Gasteiger partial charge in [0.25, 0.3) is 0 Å². The molecule has 0 fully saturated rings. The first-order chi connectivity index (χ1) is 34.2. The van der Waals surface area contributed by atoms with Gasteiger partial charge >= 0.3 is 0 Å². The van der Waals surface area contributed by atoms with Crippen LogP contribution in [0.4, 0.5) is 0 Å². The number of thiophene rings is 1. The molecule has 0 aliphatic rings. The lowest BCUT2D eigenvalue weighted by Gasteiger charge is -2.15. The summed E-state index contributed by atoms with van der Waals surface area (Å²) in [7, 11) is 0. The lowest BCUT2D eigenvalue weighted by Crippen LogP contribution is -2.02. The van der Waals surface area contributed by atoms with Crippen LogP contribution in [0.15, 0.2) is 224 Å². The average molecular weight is 896 g/mol. The minimum absolute atomic E-state index is 0.612. The maximum atomic E-state index is 5.57. The smallest absolute Gasteiger partial charge is 0.164 e. The van der Waals surface area contributed by atoms with Gasteiger partial charge in [0.15, 0.2) is 17.5 Å². The minimum atomic E-state index is 0.612. The molecule has 69 heavy (non-hydrogen) atoms. The van der Waals surface area contributed by atoms with Crippen molar-refractivity contribution in [3.8, 4) is 45.5 Å². The molecule has 4 aromatic heterocycles. The Morgan fingerprint density at radius 3 is 1.81 bits per heavy atom. The van der Waals surface area contributed by atoms with Crippen LogP contribution >= 0.6 is 11.3 Å². The molecule has 0 N–H and O–H groups in total. The van der Waals surface area contributed by atoms with Gasteiger partial charge in [-0.25, -0.2) is 15.0 Å². The molecule has 0 atom stereocenters. The Balaban J connectivity index is 1.06. The molecular formula is C63H37N5S. The summed E-state index contributed by atoms with van der Waals surface area (Å²) < 4.78 is 7.31. The summed E-state index contributed by atoms with van der Waals surface area (Å²) in [4.78, 5) is 16.5. The molecule has 0 unspecified atom stereocenters. The van der Waals surface area contributed by atoms with Crippen molar-refractivity contribution in [1.29, 1.82) is 0 Å². The monoisotopic (exact) mass is 895 g/mol. The Morgan fingerprint density at radius 1 is 0.333 bits per heavy atom. The second-order valence-corrected chi connectivity index (χ2v) is 19.0. The van der Waals surface area contributed by atoms with Gasteiger partial charge in [-0.1, -0.05) is 164 Å². The van der Waals surface area contributed by atoms with Crippen molar-refractivity contribution in [2.75, 3.05) is 0 Å². The standard InChI is InChI=1S/C63H37N5S/c1-2-20-45(21-3-1)67-53-26-12-10-24-49(53)58-50(25-14-27-54(58)67)63-65-61(43-30-29-38-15-4-5-17-40(38)33-43)64-62(66-63)44-35-52-47-23-11-13-28-57(47)69-60(52)56(37-44)68-55-36-42-19-7-6-18-41(42)34-51(55)48-32-31-39-16-8-9-22-46(39)59(48)68/h1-37H. The molecule has 0 spiro atoms. The molecule has 0 saturated carbocycles. The van der Waals surface area contributed by atoms with Gasteiger partial charge in [-0.2, -0.15) is 0 Å². The highest BCUT2D eigenvalue weighted by Crippen LogP contribution is 2.46. The summed E-state index contributed by atoms with van der Waals surface area (Å²) in [6.07, 6.45) is 0. The number of hydrogen-bond donors (Lipinski definition) is 0. The summed E-state index contributed by atoms with van der Waals surface area (Å²) in [6.45, 7) is 0. The highest BCUT2D eigenvalue weighted by atomic mass is 32.1. The summed E-state index contributed by atoms with van der Waals surface area (Å²) in [5, 5.41) is 14.2. The molecule has 6 heteroatoms. The van der Waals surface area contributed by atoms with Gasteiger partial charge in [-0.3, -0.25) is 0 Å². The van der Waals surface area contributed by atoms with Gasteiger partial charge in [0.05, 0.1) is 32.5 Å². The van der Waals surface area contributed by atoms with Crippen LogP contribution < -0.4 is 0 Å². The van der Waals surface area contributed by atoms with Gasteiger partial charge < -0.3 is 9.13 Å². The third-order valence-corrected chi connectivity index (χ3v) is 15.3. The summed E-state index contributed by atoms with van der Waals surface area (Å²) >= 11 is 1.84. The normalized spacial score (nSPS) is 12.1. The second kappa shape index (κ2) is 14.8. The SMILES string of the molecule is c1ccc(-n2c3ccccc3c3c(-c4nc(-c5ccc6ccccc6c5)nc(-c5cc(-n6c7cc8ccccc8cc7c7ccc8ccccc8c76)c6sc7ccccc7c6c5)n4)cccc32)cc1. The van der Waals surface area contributed by atoms with Crippen molar-refractivity contribution in [1.82, 2.24) is 24.1 Å². The highest BCUT2D eigenvalue weighted by Gasteiger charge is 2.24. The summed E-state index contributed by atoms with van der Waals surface area (Å²) in [5.74, 6) is 1.85. The Hall–Kier alpha value is -8.97. The summed E-state index contributed by atoms with van der Waals surface area (Å²) in [6, 6.07) is 80.9. The van der Waals surface area contributed by atoms with Crippen molar-refractivity contribution in [2.24, 2.45) is 0 Å². The lowest BCUT2D eigenvalue weighted by molar-refractivity contribution is 1.08. The molecule has 4 heterocycles. The fraction of sp³-hybridized carbons (Fsp3) is 0. The fourth-order valence-electron chi connectivity index (χ4n) is 11.0. The highest BCUT2D eigenvalue weighted by molar-refractivity contribution is 7.26. The van der Waals surface area contributed by atoms with E-state index in [0.29, 0.717) is 17.5 Å². The zero-order chi connectivity index (χ0) is 45.2. The number of nitrogens with zero attached hydrogens (tertiary/aromatic N) is 5. The Bertz CT molecular complexity index is 4620. The van der Waals surface area contributed by atoms with E-state index in [1.807, 2.05) is 11.3 Å². The van der Waals surface area contributed by atoms with Crippen molar-refractivity contribution in [2.45, 2.75) is 0 Å². The van der Waals surface area contributed by atoms with Crippen LogP contribution in [0.5, 0.6) is 0 Å². The van der Waals surface area contributed by atoms with Gasteiger partial charge in [0.2, 0.25) is 0 Å². The van der Waals surface area contributed by atoms with E-state index in [0.717, 1.165) is 60.8 Å². The quantitative estimate of drug-likeness (QED) is 0.173. The third kappa shape index (κ3) is 5.79. The lowest BCUT2D eigenvalue weighted by atomic mass is 10.0. The van der Waals surface area contributed by atoms with Gasteiger partial charge in [0, 0.05) is 64.8 Å².